The lowest BCUT2D eigenvalue weighted by molar-refractivity contribution is 0.102. The largest absolute Gasteiger partial charge is 0.344 e. The Morgan fingerprint density at radius 1 is 1.11 bits per heavy atom. The van der Waals surface area contributed by atoms with E-state index in [1.54, 1.807) is 12.4 Å². The summed E-state index contributed by atoms with van der Waals surface area (Å²) in [5.41, 5.74) is 1.09. The minimum atomic E-state index is -0.855. The molecule has 0 fully saturated rings. The van der Waals surface area contributed by atoms with Gasteiger partial charge < -0.3 is 10.2 Å². The molecule has 2 aromatic heterocycles. The van der Waals surface area contributed by atoms with E-state index in [0.29, 0.717) is 18.6 Å². The Labute approximate surface area is 154 Å². The second-order valence-corrected chi connectivity index (χ2v) is 5.85. The number of hydrogen-bond donors (Lipinski definition) is 1. The molecular weight excluding hydrogens is 352 g/mol. The summed E-state index contributed by atoms with van der Waals surface area (Å²) in [6, 6.07) is 8.21. The fourth-order valence-electron chi connectivity index (χ4n) is 2.38. The summed E-state index contributed by atoms with van der Waals surface area (Å²) < 4.78 is 26.7. The smallest absolute Gasteiger partial charge is 0.274 e. The summed E-state index contributed by atoms with van der Waals surface area (Å²) in [7, 11) is 1.82. The first-order valence-corrected chi connectivity index (χ1v) is 8.22. The molecule has 8 heteroatoms. The summed E-state index contributed by atoms with van der Waals surface area (Å²) in [4.78, 5) is 26.5. The van der Waals surface area contributed by atoms with Crippen molar-refractivity contribution in [1.29, 1.82) is 0 Å². The van der Waals surface area contributed by atoms with E-state index in [1.165, 1.54) is 12.3 Å². The van der Waals surface area contributed by atoms with Crippen LogP contribution in [0.25, 0.3) is 0 Å². The van der Waals surface area contributed by atoms with Crippen molar-refractivity contribution in [2.24, 2.45) is 0 Å². The summed E-state index contributed by atoms with van der Waals surface area (Å²) in [5.74, 6) is -1.80. The van der Waals surface area contributed by atoms with Gasteiger partial charge in [0, 0.05) is 38.2 Å². The fraction of sp³-hybridized carbons (Fsp3) is 0.158. The van der Waals surface area contributed by atoms with Gasteiger partial charge in [0.05, 0.1) is 5.69 Å². The van der Waals surface area contributed by atoms with Crippen LogP contribution in [0.2, 0.25) is 0 Å². The number of aromatic nitrogens is 3. The Morgan fingerprint density at radius 2 is 1.89 bits per heavy atom. The first-order chi connectivity index (χ1) is 13.0. The summed E-state index contributed by atoms with van der Waals surface area (Å²) in [6.07, 6.45) is 5.68. The maximum atomic E-state index is 13.7. The molecule has 0 unspecified atom stereocenters. The van der Waals surface area contributed by atoms with Crippen LogP contribution in [-0.4, -0.2) is 34.5 Å². The third-order valence-electron chi connectivity index (χ3n) is 3.88. The minimum Gasteiger partial charge on any atom is -0.344 e. The summed E-state index contributed by atoms with van der Waals surface area (Å²) in [6.45, 7) is 0.641. The van der Waals surface area contributed by atoms with Crippen LogP contribution in [0.3, 0.4) is 0 Å². The molecule has 0 atom stereocenters. The maximum absolute atomic E-state index is 13.7. The number of carbonyl (C=O) groups excluding carboxylic acids is 1. The standard InChI is InChI=1S/C19H17F2N5O/c1-26(11-7-13-4-8-22-9-5-13)19-23-10-6-17(25-19)18(27)24-16-3-2-14(20)12-15(16)21/h2-6,8-10,12H,7,11H2,1H3,(H,24,27). The van der Waals surface area contributed by atoms with Crippen LogP contribution in [-0.2, 0) is 6.42 Å². The molecule has 1 amide bonds. The van der Waals surface area contributed by atoms with Gasteiger partial charge in [-0.15, -0.1) is 0 Å². The lowest BCUT2D eigenvalue weighted by atomic mass is 10.2. The Morgan fingerprint density at radius 3 is 2.63 bits per heavy atom. The average Bonchev–Trinajstić information content (AvgIpc) is 2.69. The van der Waals surface area contributed by atoms with E-state index in [1.807, 2.05) is 24.1 Å². The third-order valence-corrected chi connectivity index (χ3v) is 3.88. The number of pyridine rings is 1. The Hall–Kier alpha value is -3.42. The SMILES string of the molecule is CN(CCc1ccncc1)c1nccc(C(=O)Nc2ccc(F)cc2F)n1. The molecule has 138 valence electrons. The van der Waals surface area contributed by atoms with E-state index in [-0.39, 0.29) is 11.4 Å². The second kappa shape index (κ2) is 8.31. The number of benzene rings is 1. The molecule has 27 heavy (non-hydrogen) atoms. The predicted molar refractivity (Wildman–Crippen MR) is 97.6 cm³/mol. The van der Waals surface area contributed by atoms with Gasteiger partial charge in [-0.1, -0.05) is 0 Å². The van der Waals surface area contributed by atoms with Gasteiger partial charge in [-0.25, -0.2) is 18.7 Å². The molecule has 6 nitrogen and oxygen atoms in total. The summed E-state index contributed by atoms with van der Waals surface area (Å²) in [5, 5.41) is 2.38. The van der Waals surface area contributed by atoms with Crippen LogP contribution in [0.1, 0.15) is 16.1 Å². The molecular formula is C19H17F2N5O. The van der Waals surface area contributed by atoms with Crippen molar-refractivity contribution in [3.63, 3.8) is 0 Å². The molecule has 0 aliphatic rings. The number of anilines is 2. The predicted octanol–water partition coefficient (Wildman–Crippen LogP) is 3.08. The Bertz CT molecular complexity index is 936. The third kappa shape index (κ3) is 4.81. The zero-order chi connectivity index (χ0) is 19.2. The molecule has 0 aliphatic heterocycles. The Balaban J connectivity index is 1.67. The van der Waals surface area contributed by atoms with Gasteiger partial charge in [0.1, 0.15) is 17.3 Å². The second-order valence-electron chi connectivity index (χ2n) is 5.85. The number of rotatable bonds is 6. The van der Waals surface area contributed by atoms with Crippen LogP contribution in [0, 0.1) is 11.6 Å². The molecule has 0 saturated carbocycles. The van der Waals surface area contributed by atoms with Crippen molar-refractivity contribution in [3.05, 3.63) is 77.9 Å². The highest BCUT2D eigenvalue weighted by molar-refractivity contribution is 6.03. The van der Waals surface area contributed by atoms with Crippen molar-refractivity contribution in [1.82, 2.24) is 15.0 Å². The molecule has 0 spiro atoms. The number of carbonyl (C=O) groups is 1. The summed E-state index contributed by atoms with van der Waals surface area (Å²) >= 11 is 0. The molecule has 2 heterocycles. The highest BCUT2D eigenvalue weighted by Crippen LogP contribution is 2.16. The van der Waals surface area contributed by atoms with E-state index < -0.39 is 17.5 Å². The van der Waals surface area contributed by atoms with E-state index in [2.05, 4.69) is 20.3 Å². The van der Waals surface area contributed by atoms with Crippen molar-refractivity contribution in [2.45, 2.75) is 6.42 Å². The first-order valence-electron chi connectivity index (χ1n) is 8.22. The van der Waals surface area contributed by atoms with E-state index in [0.717, 1.165) is 24.1 Å². The molecule has 0 bridgehead atoms. The van der Waals surface area contributed by atoms with Crippen molar-refractivity contribution >= 4 is 17.5 Å². The van der Waals surface area contributed by atoms with Crippen LogP contribution in [0.15, 0.2) is 55.0 Å². The van der Waals surface area contributed by atoms with E-state index in [4.69, 9.17) is 0 Å². The number of amides is 1. The quantitative estimate of drug-likeness (QED) is 0.723. The number of hydrogen-bond acceptors (Lipinski definition) is 5. The molecule has 3 rings (SSSR count). The highest BCUT2D eigenvalue weighted by Gasteiger charge is 2.14. The topological polar surface area (TPSA) is 71.0 Å². The van der Waals surface area contributed by atoms with Crippen LogP contribution in [0.4, 0.5) is 20.4 Å². The van der Waals surface area contributed by atoms with E-state index in [9.17, 15) is 13.6 Å². The lowest BCUT2D eigenvalue weighted by Gasteiger charge is -2.17. The van der Waals surface area contributed by atoms with Crippen LogP contribution >= 0.6 is 0 Å². The van der Waals surface area contributed by atoms with Gasteiger partial charge in [0.2, 0.25) is 5.95 Å². The molecule has 0 saturated heterocycles. The van der Waals surface area contributed by atoms with Gasteiger partial charge in [0.15, 0.2) is 0 Å². The fourth-order valence-corrected chi connectivity index (χ4v) is 2.38. The molecule has 1 aromatic carbocycles. The highest BCUT2D eigenvalue weighted by atomic mass is 19.1. The molecule has 0 aliphatic carbocycles. The lowest BCUT2D eigenvalue weighted by Crippen LogP contribution is -2.24. The van der Waals surface area contributed by atoms with Gasteiger partial charge in [-0.2, -0.15) is 0 Å². The number of nitrogens with one attached hydrogen (secondary N) is 1. The monoisotopic (exact) mass is 369 g/mol. The zero-order valence-electron chi connectivity index (χ0n) is 14.6. The first kappa shape index (κ1) is 18.4. The number of likely N-dealkylation sites (N-methyl/N-ethyl adjacent to an activating group) is 1. The number of nitrogens with zero attached hydrogens (tertiary/aromatic N) is 4. The average molecular weight is 369 g/mol. The molecule has 1 N–H and O–H groups in total. The number of halogens is 2. The van der Waals surface area contributed by atoms with Crippen molar-refractivity contribution < 1.29 is 13.6 Å². The molecule has 0 radical (unpaired) electrons. The van der Waals surface area contributed by atoms with Gasteiger partial charge in [0.25, 0.3) is 5.91 Å². The van der Waals surface area contributed by atoms with Gasteiger partial charge in [-0.3, -0.25) is 9.78 Å². The van der Waals surface area contributed by atoms with Crippen LogP contribution in [0.5, 0.6) is 0 Å². The van der Waals surface area contributed by atoms with Gasteiger partial charge >= 0.3 is 0 Å². The Kier molecular flexibility index (Phi) is 5.65. The normalized spacial score (nSPS) is 10.5. The van der Waals surface area contributed by atoms with Crippen LogP contribution < -0.4 is 10.2 Å². The molecule has 3 aromatic rings. The maximum Gasteiger partial charge on any atom is 0.274 e. The zero-order valence-corrected chi connectivity index (χ0v) is 14.6. The van der Waals surface area contributed by atoms with E-state index >= 15 is 0 Å². The minimum absolute atomic E-state index is 0.0829. The van der Waals surface area contributed by atoms with Crippen molar-refractivity contribution in [2.75, 3.05) is 23.8 Å². The van der Waals surface area contributed by atoms with Gasteiger partial charge in [-0.05, 0) is 42.3 Å². The van der Waals surface area contributed by atoms with Crippen molar-refractivity contribution in [3.8, 4) is 0 Å².